The molecule has 1 heterocycles. The van der Waals surface area contributed by atoms with E-state index in [0.717, 1.165) is 5.52 Å². The molecule has 0 unspecified atom stereocenters. The van der Waals surface area contributed by atoms with Crippen LogP contribution in [-0.4, -0.2) is 28.1 Å². The number of carbonyl (C=O) groups excluding carboxylic acids is 2. The Kier molecular flexibility index (Phi) is 4.14. The number of aromatic nitrogens is 2. The van der Waals surface area contributed by atoms with Crippen molar-refractivity contribution in [3.63, 3.8) is 0 Å². The van der Waals surface area contributed by atoms with Crippen LogP contribution >= 0.6 is 0 Å². The van der Waals surface area contributed by atoms with Crippen molar-refractivity contribution in [1.82, 2.24) is 9.13 Å². The van der Waals surface area contributed by atoms with Gasteiger partial charge in [0.15, 0.2) is 0 Å². The van der Waals surface area contributed by atoms with Crippen LogP contribution in [0.25, 0.3) is 11.0 Å². The molecule has 2 aromatic carbocycles. The molecule has 1 amide bonds. The van der Waals surface area contributed by atoms with E-state index in [1.165, 1.54) is 16.2 Å². The van der Waals surface area contributed by atoms with Crippen molar-refractivity contribution in [3.05, 3.63) is 64.1 Å². The van der Waals surface area contributed by atoms with Crippen molar-refractivity contribution in [3.8, 4) is 0 Å². The van der Waals surface area contributed by atoms with Crippen LogP contribution in [0, 0.1) is 0 Å². The summed E-state index contributed by atoms with van der Waals surface area (Å²) in [6.07, 6.45) is 0. The first kappa shape index (κ1) is 16.5. The zero-order valence-electron chi connectivity index (χ0n) is 14.1. The highest BCUT2D eigenvalue weighted by molar-refractivity contribution is 6.06. The van der Waals surface area contributed by atoms with E-state index < -0.39 is 5.97 Å². The van der Waals surface area contributed by atoms with Crippen molar-refractivity contribution in [2.24, 2.45) is 14.1 Å². The first-order valence-corrected chi connectivity index (χ1v) is 7.57. The molecule has 0 radical (unpaired) electrons. The molecule has 0 aliphatic rings. The number of hydrogen-bond acceptors (Lipinski definition) is 4. The number of amides is 1. The fourth-order valence-corrected chi connectivity index (χ4v) is 2.69. The molecule has 0 aliphatic heterocycles. The molecule has 3 aromatic rings. The number of fused-ring (bicyclic) bond motifs is 1. The van der Waals surface area contributed by atoms with Crippen molar-refractivity contribution >= 4 is 28.6 Å². The molecule has 3 rings (SSSR count). The minimum Gasteiger partial charge on any atom is -0.465 e. The Hall–Kier alpha value is -3.35. The quantitative estimate of drug-likeness (QED) is 0.739. The fraction of sp³-hybridized carbons (Fsp3) is 0.167. The maximum Gasteiger partial charge on any atom is 0.337 e. The lowest BCUT2D eigenvalue weighted by Crippen LogP contribution is -2.19. The Morgan fingerprint density at radius 3 is 2.40 bits per heavy atom. The van der Waals surface area contributed by atoms with Gasteiger partial charge in [-0.2, -0.15) is 0 Å². The van der Waals surface area contributed by atoms with E-state index in [0.29, 0.717) is 22.3 Å². The largest absolute Gasteiger partial charge is 0.465 e. The highest BCUT2D eigenvalue weighted by atomic mass is 16.5. The van der Waals surface area contributed by atoms with Gasteiger partial charge in [0.25, 0.3) is 5.91 Å². The molecule has 0 saturated carbocycles. The number of ether oxygens (including phenoxy) is 1. The van der Waals surface area contributed by atoms with Crippen LogP contribution in [0.2, 0.25) is 0 Å². The predicted molar refractivity (Wildman–Crippen MR) is 93.9 cm³/mol. The summed E-state index contributed by atoms with van der Waals surface area (Å²) < 4.78 is 7.68. The smallest absolute Gasteiger partial charge is 0.337 e. The molecular weight excluding hydrogens is 322 g/mol. The Morgan fingerprint density at radius 2 is 1.68 bits per heavy atom. The standard InChI is InChI=1S/C18H17N3O4/c1-20-14-8-7-11(10-15(14)21(2)18(20)24)16(22)19-13-6-4-5-12(9-13)17(23)25-3/h4-10H,1-3H3,(H,19,22). The third-order valence-electron chi connectivity index (χ3n) is 4.08. The van der Waals surface area contributed by atoms with E-state index >= 15 is 0 Å². The highest BCUT2D eigenvalue weighted by Gasteiger charge is 2.13. The number of nitrogens with one attached hydrogen (secondary N) is 1. The van der Waals surface area contributed by atoms with Gasteiger partial charge >= 0.3 is 11.7 Å². The van der Waals surface area contributed by atoms with Gasteiger partial charge in [-0.25, -0.2) is 9.59 Å². The molecular formula is C18H17N3O4. The topological polar surface area (TPSA) is 82.3 Å². The predicted octanol–water partition coefficient (Wildman–Crippen LogP) is 1.92. The molecule has 0 saturated heterocycles. The number of carbonyl (C=O) groups is 2. The summed E-state index contributed by atoms with van der Waals surface area (Å²) in [5, 5.41) is 2.74. The van der Waals surface area contributed by atoms with Crippen LogP contribution in [0.3, 0.4) is 0 Å². The van der Waals surface area contributed by atoms with Gasteiger partial charge in [0, 0.05) is 25.3 Å². The van der Waals surface area contributed by atoms with Gasteiger partial charge in [0.1, 0.15) is 0 Å². The zero-order valence-corrected chi connectivity index (χ0v) is 14.1. The second-order valence-corrected chi connectivity index (χ2v) is 5.63. The number of nitrogens with zero attached hydrogens (tertiary/aromatic N) is 2. The van der Waals surface area contributed by atoms with Crippen LogP contribution in [0.1, 0.15) is 20.7 Å². The average molecular weight is 339 g/mol. The Bertz CT molecular complexity index is 1050. The lowest BCUT2D eigenvalue weighted by molar-refractivity contribution is 0.0600. The Balaban J connectivity index is 1.91. The van der Waals surface area contributed by atoms with Gasteiger partial charge < -0.3 is 10.1 Å². The minimum atomic E-state index is -0.475. The second kappa shape index (κ2) is 6.27. The molecule has 0 atom stereocenters. The lowest BCUT2D eigenvalue weighted by Gasteiger charge is -2.07. The number of esters is 1. The molecule has 25 heavy (non-hydrogen) atoms. The molecule has 0 fully saturated rings. The summed E-state index contributed by atoms with van der Waals surface area (Å²) in [5.41, 5.74) is 2.51. The van der Waals surface area contributed by atoms with Gasteiger partial charge in [-0.05, 0) is 36.4 Å². The van der Waals surface area contributed by atoms with Crippen molar-refractivity contribution in [1.29, 1.82) is 0 Å². The van der Waals surface area contributed by atoms with E-state index in [9.17, 15) is 14.4 Å². The van der Waals surface area contributed by atoms with Crippen molar-refractivity contribution in [2.75, 3.05) is 12.4 Å². The minimum absolute atomic E-state index is 0.154. The highest BCUT2D eigenvalue weighted by Crippen LogP contribution is 2.17. The summed E-state index contributed by atoms with van der Waals surface area (Å²) in [6, 6.07) is 11.5. The van der Waals surface area contributed by atoms with Gasteiger partial charge in [0.05, 0.1) is 23.7 Å². The average Bonchev–Trinajstić information content (AvgIpc) is 2.85. The second-order valence-electron chi connectivity index (χ2n) is 5.63. The van der Waals surface area contributed by atoms with E-state index in [-0.39, 0.29) is 11.6 Å². The summed E-state index contributed by atoms with van der Waals surface area (Å²) in [7, 11) is 4.64. The van der Waals surface area contributed by atoms with Crippen LogP contribution in [0.4, 0.5) is 5.69 Å². The SMILES string of the molecule is COC(=O)c1cccc(NC(=O)c2ccc3c(c2)n(C)c(=O)n3C)c1. The van der Waals surface area contributed by atoms with E-state index in [4.69, 9.17) is 0 Å². The number of hydrogen-bond donors (Lipinski definition) is 1. The molecule has 1 N–H and O–H groups in total. The van der Waals surface area contributed by atoms with Crippen molar-refractivity contribution in [2.45, 2.75) is 0 Å². The van der Waals surface area contributed by atoms with E-state index in [1.54, 1.807) is 56.6 Å². The van der Waals surface area contributed by atoms with Crippen molar-refractivity contribution < 1.29 is 14.3 Å². The molecule has 128 valence electrons. The third-order valence-corrected chi connectivity index (χ3v) is 4.08. The van der Waals surface area contributed by atoms with Crippen LogP contribution < -0.4 is 11.0 Å². The Labute approximate surface area is 143 Å². The van der Waals surface area contributed by atoms with E-state index in [2.05, 4.69) is 10.1 Å². The van der Waals surface area contributed by atoms with Gasteiger partial charge in [-0.15, -0.1) is 0 Å². The maximum atomic E-state index is 12.5. The number of imidazole rings is 1. The Morgan fingerprint density at radius 1 is 0.960 bits per heavy atom. The number of anilines is 1. The van der Waals surface area contributed by atoms with Crippen LogP contribution in [0.5, 0.6) is 0 Å². The summed E-state index contributed by atoms with van der Waals surface area (Å²) in [6.45, 7) is 0. The van der Waals surface area contributed by atoms with Gasteiger partial charge in [-0.3, -0.25) is 13.9 Å². The number of methoxy groups -OCH3 is 1. The van der Waals surface area contributed by atoms with Crippen LogP contribution in [0.15, 0.2) is 47.3 Å². The van der Waals surface area contributed by atoms with Gasteiger partial charge in [-0.1, -0.05) is 6.07 Å². The third kappa shape index (κ3) is 2.91. The molecule has 7 heteroatoms. The molecule has 1 aromatic heterocycles. The normalized spacial score (nSPS) is 10.7. The van der Waals surface area contributed by atoms with Crippen LogP contribution in [-0.2, 0) is 18.8 Å². The molecule has 0 aliphatic carbocycles. The lowest BCUT2D eigenvalue weighted by atomic mass is 10.1. The number of rotatable bonds is 3. The van der Waals surface area contributed by atoms with Gasteiger partial charge in [0.2, 0.25) is 0 Å². The number of benzene rings is 2. The first-order valence-electron chi connectivity index (χ1n) is 7.57. The fourth-order valence-electron chi connectivity index (χ4n) is 2.69. The molecule has 0 bridgehead atoms. The zero-order chi connectivity index (χ0) is 18.1. The monoisotopic (exact) mass is 339 g/mol. The summed E-state index contributed by atoms with van der Waals surface area (Å²) >= 11 is 0. The summed E-state index contributed by atoms with van der Waals surface area (Å²) in [5.74, 6) is -0.808. The maximum absolute atomic E-state index is 12.5. The van der Waals surface area contributed by atoms with E-state index in [1.807, 2.05) is 0 Å². The summed E-state index contributed by atoms with van der Waals surface area (Å²) in [4.78, 5) is 36.0. The molecule has 0 spiro atoms. The first-order chi connectivity index (χ1) is 11.9. The molecule has 7 nitrogen and oxygen atoms in total. The number of aryl methyl sites for hydroxylation is 2.